The maximum Gasteiger partial charge on any atom is 0.234 e. The summed E-state index contributed by atoms with van der Waals surface area (Å²) in [5, 5.41) is 12.8. The molecule has 1 amide bonds. The topological polar surface area (TPSA) is 49.3 Å². The van der Waals surface area contributed by atoms with Crippen LogP contribution in [0.3, 0.4) is 0 Å². The number of amides is 1. The maximum atomic E-state index is 11.8. The zero-order valence-corrected chi connectivity index (χ0v) is 11.7. The molecule has 3 atom stereocenters. The van der Waals surface area contributed by atoms with Gasteiger partial charge in [0.1, 0.15) is 0 Å². The van der Waals surface area contributed by atoms with Crippen LogP contribution in [0.1, 0.15) is 46.0 Å². The molecule has 0 spiro atoms. The molecule has 94 valence electrons. The summed E-state index contributed by atoms with van der Waals surface area (Å²) in [5.41, 5.74) is 0. The van der Waals surface area contributed by atoms with Crippen LogP contribution in [0.4, 0.5) is 0 Å². The third-order valence-corrected chi connectivity index (χ3v) is 4.62. The second-order valence-corrected chi connectivity index (χ2v) is 5.95. The van der Waals surface area contributed by atoms with Crippen molar-refractivity contribution in [1.29, 1.82) is 0 Å². The molecule has 0 aliphatic heterocycles. The molecule has 0 bridgehead atoms. The Balaban J connectivity index is 2.48. The Morgan fingerprint density at radius 3 is 2.56 bits per heavy atom. The van der Waals surface area contributed by atoms with Crippen molar-refractivity contribution >= 4 is 21.8 Å². The summed E-state index contributed by atoms with van der Waals surface area (Å²) < 4.78 is 0. The predicted octanol–water partition coefficient (Wildman–Crippen LogP) is 2.22. The van der Waals surface area contributed by atoms with Crippen LogP contribution in [-0.4, -0.2) is 28.0 Å². The van der Waals surface area contributed by atoms with Crippen LogP contribution >= 0.6 is 15.9 Å². The van der Waals surface area contributed by atoms with Gasteiger partial charge in [0.25, 0.3) is 0 Å². The zero-order valence-electron chi connectivity index (χ0n) is 10.1. The molecule has 0 radical (unpaired) electrons. The molecule has 0 aromatic carbocycles. The molecule has 16 heavy (non-hydrogen) atoms. The van der Waals surface area contributed by atoms with Gasteiger partial charge in [-0.2, -0.15) is 0 Å². The molecule has 4 heteroatoms. The third-order valence-electron chi connectivity index (χ3n) is 3.14. The van der Waals surface area contributed by atoms with Crippen molar-refractivity contribution in [3.8, 4) is 0 Å². The summed E-state index contributed by atoms with van der Waals surface area (Å²) >= 11 is 3.38. The van der Waals surface area contributed by atoms with E-state index in [2.05, 4.69) is 21.2 Å². The lowest BCUT2D eigenvalue weighted by atomic mass is 10.0. The van der Waals surface area contributed by atoms with Crippen LogP contribution < -0.4 is 5.32 Å². The molecule has 1 aliphatic carbocycles. The number of hydrogen-bond acceptors (Lipinski definition) is 2. The summed E-state index contributed by atoms with van der Waals surface area (Å²) in [6.07, 6.45) is 4.64. The van der Waals surface area contributed by atoms with E-state index in [1.165, 1.54) is 0 Å². The first-order valence-corrected chi connectivity index (χ1v) is 7.06. The van der Waals surface area contributed by atoms with E-state index >= 15 is 0 Å². The van der Waals surface area contributed by atoms with Crippen molar-refractivity contribution in [3.05, 3.63) is 0 Å². The molecule has 1 rings (SSSR count). The van der Waals surface area contributed by atoms with Crippen molar-refractivity contribution in [2.24, 2.45) is 5.92 Å². The van der Waals surface area contributed by atoms with E-state index in [0.717, 1.165) is 32.1 Å². The molecule has 0 aromatic rings. The minimum atomic E-state index is -0.377. The summed E-state index contributed by atoms with van der Waals surface area (Å²) in [6, 6.07) is -0.0613. The van der Waals surface area contributed by atoms with Crippen molar-refractivity contribution in [1.82, 2.24) is 5.32 Å². The largest absolute Gasteiger partial charge is 0.391 e. The number of hydrogen-bond donors (Lipinski definition) is 2. The number of aliphatic hydroxyl groups excluding tert-OH is 1. The van der Waals surface area contributed by atoms with Crippen molar-refractivity contribution in [2.45, 2.75) is 62.9 Å². The standard InChI is InChI=1S/C12H22BrNO2/c1-8(2)11(13)12(16)14-9-6-4-3-5-7-10(9)15/h8-11,15H,3-7H2,1-2H3,(H,14,16). The lowest BCUT2D eigenvalue weighted by Gasteiger charge is -2.24. The van der Waals surface area contributed by atoms with Gasteiger partial charge in [-0.1, -0.05) is 49.0 Å². The smallest absolute Gasteiger partial charge is 0.234 e. The average molecular weight is 292 g/mol. The summed E-state index contributed by atoms with van der Waals surface area (Å²) in [7, 11) is 0. The van der Waals surface area contributed by atoms with E-state index < -0.39 is 0 Å². The molecule has 0 saturated heterocycles. The van der Waals surface area contributed by atoms with Crippen LogP contribution in [0.5, 0.6) is 0 Å². The quantitative estimate of drug-likeness (QED) is 0.619. The van der Waals surface area contributed by atoms with Crippen LogP contribution in [0.2, 0.25) is 0 Å². The predicted molar refractivity (Wildman–Crippen MR) is 68.6 cm³/mol. The van der Waals surface area contributed by atoms with Gasteiger partial charge in [-0.15, -0.1) is 0 Å². The second-order valence-electron chi connectivity index (χ2n) is 4.97. The Kier molecular flexibility index (Phi) is 5.76. The molecule has 0 heterocycles. The van der Waals surface area contributed by atoms with Gasteiger partial charge in [-0.05, 0) is 18.8 Å². The van der Waals surface area contributed by atoms with Crippen LogP contribution in [-0.2, 0) is 4.79 Å². The number of halogens is 1. The molecule has 0 aromatic heterocycles. The van der Waals surface area contributed by atoms with Gasteiger partial charge in [0.2, 0.25) is 5.91 Å². The first-order chi connectivity index (χ1) is 7.52. The van der Waals surface area contributed by atoms with Crippen molar-refractivity contribution in [3.63, 3.8) is 0 Å². The molecule has 1 saturated carbocycles. The van der Waals surface area contributed by atoms with Crippen molar-refractivity contribution < 1.29 is 9.90 Å². The Morgan fingerprint density at radius 2 is 1.94 bits per heavy atom. The number of rotatable bonds is 3. The van der Waals surface area contributed by atoms with Crippen molar-refractivity contribution in [2.75, 3.05) is 0 Å². The van der Waals surface area contributed by atoms with Crippen LogP contribution in [0, 0.1) is 5.92 Å². The fourth-order valence-electron chi connectivity index (χ4n) is 2.02. The molecular formula is C12H22BrNO2. The molecule has 1 aliphatic rings. The third kappa shape index (κ3) is 4.06. The van der Waals surface area contributed by atoms with E-state index in [1.54, 1.807) is 0 Å². The van der Waals surface area contributed by atoms with Gasteiger partial charge < -0.3 is 10.4 Å². The van der Waals surface area contributed by atoms with E-state index in [4.69, 9.17) is 0 Å². The Labute approximate surface area is 106 Å². The highest BCUT2D eigenvalue weighted by Gasteiger charge is 2.26. The number of nitrogens with one attached hydrogen (secondary N) is 1. The number of aliphatic hydroxyl groups is 1. The highest BCUT2D eigenvalue weighted by atomic mass is 79.9. The molecule has 3 nitrogen and oxygen atoms in total. The SMILES string of the molecule is CC(C)C(Br)C(=O)NC1CCCCCC1O. The summed E-state index contributed by atoms with van der Waals surface area (Å²) in [4.78, 5) is 11.7. The summed E-state index contributed by atoms with van der Waals surface area (Å²) in [6.45, 7) is 4.00. The zero-order chi connectivity index (χ0) is 12.1. The highest BCUT2D eigenvalue weighted by molar-refractivity contribution is 9.10. The second kappa shape index (κ2) is 6.60. The maximum absolute atomic E-state index is 11.8. The number of carbonyl (C=O) groups is 1. The minimum absolute atomic E-state index is 0.000880. The van der Waals surface area contributed by atoms with Gasteiger partial charge in [0.15, 0.2) is 0 Å². The number of alkyl halides is 1. The van der Waals surface area contributed by atoms with Gasteiger partial charge in [0, 0.05) is 0 Å². The average Bonchev–Trinajstić information content (AvgIpc) is 2.43. The Hall–Kier alpha value is -0.0900. The van der Waals surface area contributed by atoms with E-state index in [0.29, 0.717) is 0 Å². The fraction of sp³-hybridized carbons (Fsp3) is 0.917. The fourth-order valence-corrected chi connectivity index (χ4v) is 2.15. The molecular weight excluding hydrogens is 270 g/mol. The van der Waals surface area contributed by atoms with Crippen LogP contribution in [0.15, 0.2) is 0 Å². The highest BCUT2D eigenvalue weighted by Crippen LogP contribution is 2.19. The van der Waals surface area contributed by atoms with Gasteiger partial charge in [0.05, 0.1) is 17.0 Å². The molecule has 3 unspecified atom stereocenters. The lowest BCUT2D eigenvalue weighted by molar-refractivity contribution is -0.122. The number of carbonyl (C=O) groups excluding carboxylic acids is 1. The van der Waals surface area contributed by atoms with E-state index in [1.807, 2.05) is 13.8 Å². The van der Waals surface area contributed by atoms with E-state index in [-0.39, 0.29) is 28.8 Å². The van der Waals surface area contributed by atoms with Gasteiger partial charge in [-0.25, -0.2) is 0 Å². The molecule has 1 fully saturated rings. The van der Waals surface area contributed by atoms with Gasteiger partial charge >= 0.3 is 0 Å². The monoisotopic (exact) mass is 291 g/mol. The van der Waals surface area contributed by atoms with Gasteiger partial charge in [-0.3, -0.25) is 4.79 Å². The Morgan fingerprint density at radius 1 is 1.31 bits per heavy atom. The minimum Gasteiger partial charge on any atom is -0.391 e. The Bertz CT molecular complexity index is 233. The molecule has 2 N–H and O–H groups in total. The van der Waals surface area contributed by atoms with E-state index in [9.17, 15) is 9.90 Å². The normalized spacial score (nSPS) is 28.6. The summed E-state index contributed by atoms with van der Waals surface area (Å²) in [5.74, 6) is 0.267. The first-order valence-electron chi connectivity index (χ1n) is 6.15. The van der Waals surface area contributed by atoms with Crippen LogP contribution in [0.25, 0.3) is 0 Å². The lowest BCUT2D eigenvalue weighted by Crippen LogP contribution is -2.46. The first kappa shape index (κ1) is 14.0.